The van der Waals surface area contributed by atoms with Gasteiger partial charge in [0.15, 0.2) is 0 Å². The number of halogens is 3. The van der Waals surface area contributed by atoms with Crippen molar-refractivity contribution < 1.29 is 13.2 Å². The normalized spacial score (nSPS) is 10.9. The molecule has 0 aliphatic rings. The summed E-state index contributed by atoms with van der Waals surface area (Å²) in [5.74, 6) is -0.776. The first-order valence-corrected chi connectivity index (χ1v) is 3.70. The average molecular weight is 190 g/mol. The van der Waals surface area contributed by atoms with E-state index in [1.807, 2.05) is 0 Å². The van der Waals surface area contributed by atoms with Gasteiger partial charge in [-0.1, -0.05) is 0 Å². The summed E-state index contributed by atoms with van der Waals surface area (Å²) in [5, 5.41) is 0. The van der Waals surface area contributed by atoms with Gasteiger partial charge in [0.2, 0.25) is 5.95 Å². The lowest BCUT2D eigenvalue weighted by molar-refractivity contribution is 0.148. The zero-order chi connectivity index (χ0) is 10.0. The third kappa shape index (κ3) is 1.98. The van der Waals surface area contributed by atoms with Crippen molar-refractivity contribution in [2.75, 3.05) is 0 Å². The number of alkyl halides is 2. The summed E-state index contributed by atoms with van der Waals surface area (Å²) in [5.41, 5.74) is 5.01. The number of pyridine rings is 1. The fourth-order valence-electron chi connectivity index (χ4n) is 1.16. The smallest absolute Gasteiger partial charge is 0.265 e. The summed E-state index contributed by atoms with van der Waals surface area (Å²) in [6, 6.07) is 0.973. The molecule has 0 bridgehead atoms. The molecule has 0 radical (unpaired) electrons. The molecule has 0 fully saturated rings. The quantitative estimate of drug-likeness (QED) is 0.723. The van der Waals surface area contributed by atoms with Gasteiger partial charge in [0, 0.05) is 12.1 Å². The molecule has 0 unspecified atom stereocenters. The lowest BCUT2D eigenvalue weighted by Crippen LogP contribution is -2.08. The standard InChI is InChI=1S/C8H9F3N2/c1-4-2-6(9)13-5(3-12)7(4)8(10)11/h2,8H,3,12H2,1H3. The Kier molecular flexibility index (Phi) is 2.87. The van der Waals surface area contributed by atoms with Gasteiger partial charge >= 0.3 is 0 Å². The minimum absolute atomic E-state index is 0.0764. The minimum atomic E-state index is -2.66. The van der Waals surface area contributed by atoms with Gasteiger partial charge in [0.1, 0.15) is 0 Å². The van der Waals surface area contributed by atoms with Gasteiger partial charge in [-0.05, 0) is 18.6 Å². The summed E-state index contributed by atoms with van der Waals surface area (Å²) in [4.78, 5) is 3.30. The van der Waals surface area contributed by atoms with Gasteiger partial charge in [-0.15, -0.1) is 0 Å². The van der Waals surface area contributed by atoms with E-state index in [4.69, 9.17) is 5.73 Å². The van der Waals surface area contributed by atoms with E-state index in [0.717, 1.165) is 6.07 Å². The van der Waals surface area contributed by atoms with Crippen LogP contribution in [0.2, 0.25) is 0 Å². The van der Waals surface area contributed by atoms with Crippen molar-refractivity contribution in [3.63, 3.8) is 0 Å². The fourth-order valence-corrected chi connectivity index (χ4v) is 1.16. The molecule has 1 aromatic rings. The molecular formula is C8H9F3N2. The molecule has 0 spiro atoms. The topological polar surface area (TPSA) is 38.9 Å². The molecule has 2 nitrogen and oxygen atoms in total. The SMILES string of the molecule is Cc1cc(F)nc(CN)c1C(F)F. The second-order valence-corrected chi connectivity index (χ2v) is 2.63. The highest BCUT2D eigenvalue weighted by atomic mass is 19.3. The Morgan fingerprint density at radius 2 is 2.15 bits per heavy atom. The molecule has 0 aliphatic heterocycles. The van der Waals surface area contributed by atoms with Crippen LogP contribution in [0.1, 0.15) is 23.2 Å². The minimum Gasteiger partial charge on any atom is -0.325 e. The molecule has 0 atom stereocenters. The molecule has 1 aromatic heterocycles. The number of rotatable bonds is 2. The van der Waals surface area contributed by atoms with Gasteiger partial charge in [0.05, 0.1) is 5.69 Å². The maximum absolute atomic E-state index is 12.6. The second-order valence-electron chi connectivity index (χ2n) is 2.63. The zero-order valence-corrected chi connectivity index (χ0v) is 7.02. The fraction of sp³-hybridized carbons (Fsp3) is 0.375. The van der Waals surface area contributed by atoms with Gasteiger partial charge in [-0.25, -0.2) is 13.8 Å². The molecule has 1 heterocycles. The molecule has 0 saturated heterocycles. The van der Waals surface area contributed by atoms with Crippen molar-refractivity contribution in [1.82, 2.24) is 4.98 Å². The van der Waals surface area contributed by atoms with Crippen molar-refractivity contribution in [3.05, 3.63) is 28.8 Å². The highest BCUT2D eigenvalue weighted by molar-refractivity contribution is 5.30. The number of aryl methyl sites for hydroxylation is 1. The Bertz CT molecular complexity index is 313. The third-order valence-electron chi connectivity index (χ3n) is 1.72. The van der Waals surface area contributed by atoms with Crippen LogP contribution in [0, 0.1) is 12.9 Å². The predicted molar refractivity (Wildman–Crippen MR) is 41.8 cm³/mol. The number of nitrogens with zero attached hydrogens (tertiary/aromatic N) is 1. The van der Waals surface area contributed by atoms with Crippen LogP contribution in [0.15, 0.2) is 6.07 Å². The van der Waals surface area contributed by atoms with E-state index in [9.17, 15) is 13.2 Å². The lowest BCUT2D eigenvalue weighted by Gasteiger charge is -2.08. The van der Waals surface area contributed by atoms with E-state index in [1.54, 1.807) is 0 Å². The highest BCUT2D eigenvalue weighted by Crippen LogP contribution is 2.25. The summed E-state index contributed by atoms with van der Waals surface area (Å²) in [7, 11) is 0. The molecule has 1 rings (SSSR count). The first-order valence-electron chi connectivity index (χ1n) is 3.70. The Balaban J connectivity index is 3.30. The van der Waals surface area contributed by atoms with Crippen LogP contribution in [0.4, 0.5) is 13.2 Å². The average Bonchev–Trinajstić information content (AvgIpc) is 2.01. The maximum Gasteiger partial charge on any atom is 0.265 e. The molecule has 5 heteroatoms. The van der Waals surface area contributed by atoms with E-state index in [2.05, 4.69) is 4.98 Å². The van der Waals surface area contributed by atoms with Crippen LogP contribution in [-0.4, -0.2) is 4.98 Å². The number of hydrogen-bond donors (Lipinski definition) is 1. The van der Waals surface area contributed by atoms with Crippen molar-refractivity contribution >= 4 is 0 Å². The van der Waals surface area contributed by atoms with Crippen LogP contribution in [0.5, 0.6) is 0 Å². The third-order valence-corrected chi connectivity index (χ3v) is 1.72. The van der Waals surface area contributed by atoms with Gasteiger partial charge in [-0.3, -0.25) is 0 Å². The first kappa shape index (κ1) is 9.98. The Hall–Kier alpha value is -1.10. The van der Waals surface area contributed by atoms with E-state index in [0.29, 0.717) is 0 Å². The second kappa shape index (κ2) is 3.74. The molecule has 13 heavy (non-hydrogen) atoms. The molecule has 2 N–H and O–H groups in total. The largest absolute Gasteiger partial charge is 0.325 e. The van der Waals surface area contributed by atoms with Crippen LogP contribution in [0.3, 0.4) is 0 Å². The van der Waals surface area contributed by atoms with Gasteiger partial charge in [0.25, 0.3) is 6.43 Å². The van der Waals surface area contributed by atoms with Crippen LogP contribution >= 0.6 is 0 Å². The highest BCUT2D eigenvalue weighted by Gasteiger charge is 2.17. The number of aromatic nitrogens is 1. The van der Waals surface area contributed by atoms with Crippen LogP contribution in [-0.2, 0) is 6.54 Å². The number of nitrogens with two attached hydrogens (primary N) is 1. The molecule has 0 aromatic carbocycles. The van der Waals surface area contributed by atoms with E-state index >= 15 is 0 Å². The molecule has 72 valence electrons. The predicted octanol–water partition coefficient (Wildman–Crippen LogP) is 1.93. The monoisotopic (exact) mass is 190 g/mol. The lowest BCUT2D eigenvalue weighted by atomic mass is 10.1. The summed E-state index contributed by atoms with van der Waals surface area (Å²) >= 11 is 0. The Morgan fingerprint density at radius 1 is 1.54 bits per heavy atom. The van der Waals surface area contributed by atoms with Crippen molar-refractivity contribution in [2.45, 2.75) is 19.9 Å². The molecular weight excluding hydrogens is 181 g/mol. The Morgan fingerprint density at radius 3 is 2.62 bits per heavy atom. The Labute approximate surface area is 73.6 Å². The van der Waals surface area contributed by atoms with E-state index in [1.165, 1.54) is 6.92 Å². The van der Waals surface area contributed by atoms with Gasteiger partial charge in [-0.2, -0.15) is 4.39 Å². The van der Waals surface area contributed by atoms with E-state index < -0.39 is 12.4 Å². The van der Waals surface area contributed by atoms with Crippen LogP contribution in [0.25, 0.3) is 0 Å². The number of hydrogen-bond acceptors (Lipinski definition) is 2. The van der Waals surface area contributed by atoms with Gasteiger partial charge < -0.3 is 5.73 Å². The van der Waals surface area contributed by atoms with Crippen LogP contribution < -0.4 is 5.73 Å². The molecule has 0 amide bonds. The maximum atomic E-state index is 12.6. The first-order chi connectivity index (χ1) is 6.06. The van der Waals surface area contributed by atoms with Crippen molar-refractivity contribution in [3.8, 4) is 0 Å². The van der Waals surface area contributed by atoms with Crippen molar-refractivity contribution in [2.24, 2.45) is 5.73 Å². The molecule has 0 saturated carbocycles. The molecule has 0 aliphatic carbocycles. The van der Waals surface area contributed by atoms with Crippen molar-refractivity contribution in [1.29, 1.82) is 0 Å². The summed E-state index contributed by atoms with van der Waals surface area (Å²) in [6.07, 6.45) is -2.66. The van der Waals surface area contributed by atoms with E-state index in [-0.39, 0.29) is 23.4 Å². The summed E-state index contributed by atoms with van der Waals surface area (Å²) in [6.45, 7) is 1.23. The zero-order valence-electron chi connectivity index (χ0n) is 7.02. The summed E-state index contributed by atoms with van der Waals surface area (Å²) < 4.78 is 37.4.